The van der Waals surface area contributed by atoms with Crippen LogP contribution in [-0.2, 0) is 4.74 Å². The van der Waals surface area contributed by atoms with Crippen LogP contribution in [0.3, 0.4) is 0 Å². The molecular weight excluding hydrogens is 176 g/mol. The summed E-state index contributed by atoms with van der Waals surface area (Å²) in [6.07, 6.45) is -1.23. The second kappa shape index (κ2) is 3.88. The lowest BCUT2D eigenvalue weighted by Crippen LogP contribution is -2.27. The average molecular weight is 191 g/mol. The fourth-order valence-corrected chi connectivity index (χ4v) is 2.40. The van der Waals surface area contributed by atoms with Gasteiger partial charge in [0.05, 0.1) is 0 Å². The predicted octanol–water partition coefficient (Wildman–Crippen LogP) is 1.12. The fraction of sp³-hybridized carbons (Fsp3) is 1.00. The molecule has 2 aliphatic heterocycles. The van der Waals surface area contributed by atoms with Crippen molar-refractivity contribution in [3.8, 4) is 0 Å². The first kappa shape index (κ1) is 9.34. The van der Waals surface area contributed by atoms with E-state index in [1.54, 1.807) is 0 Å². The minimum absolute atomic E-state index is 0.127. The van der Waals surface area contributed by atoms with Gasteiger partial charge in [0.25, 0.3) is 0 Å². The van der Waals surface area contributed by atoms with Gasteiger partial charge in [-0.3, -0.25) is 0 Å². The fourth-order valence-electron chi connectivity index (χ4n) is 2.40. The molecule has 1 N–H and O–H groups in total. The molecule has 4 heteroatoms. The first-order valence-corrected chi connectivity index (χ1v) is 4.85. The molecule has 0 aromatic carbocycles. The molecule has 2 rings (SSSR count). The summed E-state index contributed by atoms with van der Waals surface area (Å²) >= 11 is 0. The molecule has 3 unspecified atom stereocenters. The van der Waals surface area contributed by atoms with Gasteiger partial charge in [0, 0.05) is 25.7 Å². The predicted molar refractivity (Wildman–Crippen MR) is 44.8 cm³/mol. The first-order chi connectivity index (χ1) is 6.29. The minimum Gasteiger partial charge on any atom is -0.381 e. The molecule has 2 aliphatic rings. The van der Waals surface area contributed by atoms with Crippen molar-refractivity contribution in [1.82, 2.24) is 5.32 Å². The monoisotopic (exact) mass is 191 g/mol. The Morgan fingerprint density at radius 3 is 2.77 bits per heavy atom. The number of ether oxygens (including phenoxy) is 1. The molecule has 3 atom stereocenters. The Labute approximate surface area is 76.6 Å². The van der Waals surface area contributed by atoms with Crippen LogP contribution in [0.2, 0.25) is 0 Å². The largest absolute Gasteiger partial charge is 0.381 e. The van der Waals surface area contributed by atoms with E-state index in [1.807, 2.05) is 0 Å². The maximum atomic E-state index is 12.6. The van der Waals surface area contributed by atoms with E-state index >= 15 is 0 Å². The second-order valence-corrected chi connectivity index (χ2v) is 3.94. The molecule has 0 saturated carbocycles. The summed E-state index contributed by atoms with van der Waals surface area (Å²) in [7, 11) is 0. The summed E-state index contributed by atoms with van der Waals surface area (Å²) in [5.41, 5.74) is 0. The van der Waals surface area contributed by atoms with Gasteiger partial charge in [0.15, 0.2) is 0 Å². The van der Waals surface area contributed by atoms with E-state index in [2.05, 4.69) is 5.32 Å². The Morgan fingerprint density at radius 1 is 1.31 bits per heavy atom. The van der Waals surface area contributed by atoms with Crippen molar-refractivity contribution in [3.05, 3.63) is 0 Å². The van der Waals surface area contributed by atoms with Crippen molar-refractivity contribution in [2.24, 2.45) is 17.8 Å². The highest BCUT2D eigenvalue weighted by Gasteiger charge is 2.39. The van der Waals surface area contributed by atoms with Crippen molar-refractivity contribution in [2.45, 2.75) is 12.8 Å². The maximum absolute atomic E-state index is 12.6. The van der Waals surface area contributed by atoms with E-state index < -0.39 is 12.3 Å². The van der Waals surface area contributed by atoms with Gasteiger partial charge in [-0.2, -0.15) is 0 Å². The van der Waals surface area contributed by atoms with Gasteiger partial charge in [-0.05, 0) is 24.8 Å². The highest BCUT2D eigenvalue weighted by atomic mass is 19.3. The third-order valence-electron chi connectivity index (χ3n) is 3.20. The van der Waals surface area contributed by atoms with Crippen LogP contribution >= 0.6 is 0 Å². The van der Waals surface area contributed by atoms with E-state index in [-0.39, 0.29) is 5.92 Å². The zero-order chi connectivity index (χ0) is 9.26. The number of nitrogens with one attached hydrogen (secondary N) is 1. The highest BCUT2D eigenvalue weighted by molar-refractivity contribution is 4.88. The standard InChI is InChI=1S/C9H15F2NO/c10-9(11)8-4-12-3-7(8)6-1-2-13-5-6/h6-9,12H,1-5H2. The molecular formula is C9H15F2NO. The van der Waals surface area contributed by atoms with Crippen LogP contribution in [0.4, 0.5) is 8.78 Å². The number of hydrogen-bond donors (Lipinski definition) is 1. The quantitative estimate of drug-likeness (QED) is 0.706. The normalized spacial score (nSPS) is 40.4. The summed E-state index contributed by atoms with van der Waals surface area (Å²) < 4.78 is 30.4. The third kappa shape index (κ3) is 1.83. The highest BCUT2D eigenvalue weighted by Crippen LogP contribution is 2.33. The molecule has 2 heterocycles. The van der Waals surface area contributed by atoms with Gasteiger partial charge in [-0.1, -0.05) is 0 Å². The van der Waals surface area contributed by atoms with Gasteiger partial charge < -0.3 is 10.1 Å². The lowest BCUT2D eigenvalue weighted by molar-refractivity contribution is 0.0461. The van der Waals surface area contributed by atoms with E-state index in [1.165, 1.54) is 0 Å². The van der Waals surface area contributed by atoms with Crippen molar-refractivity contribution in [1.29, 1.82) is 0 Å². The number of halogens is 2. The van der Waals surface area contributed by atoms with Gasteiger partial charge in [0.2, 0.25) is 6.43 Å². The summed E-state index contributed by atoms with van der Waals surface area (Å²) in [5.74, 6) is 0.0307. The van der Waals surface area contributed by atoms with Crippen LogP contribution in [-0.4, -0.2) is 32.7 Å². The Morgan fingerprint density at radius 2 is 2.15 bits per heavy atom. The van der Waals surface area contributed by atoms with E-state index in [4.69, 9.17) is 4.74 Å². The maximum Gasteiger partial charge on any atom is 0.242 e. The number of hydrogen-bond acceptors (Lipinski definition) is 2. The Balaban J connectivity index is 1.96. The molecule has 0 radical (unpaired) electrons. The molecule has 13 heavy (non-hydrogen) atoms. The van der Waals surface area contributed by atoms with Crippen LogP contribution in [0.15, 0.2) is 0 Å². The van der Waals surface area contributed by atoms with Gasteiger partial charge in [0.1, 0.15) is 0 Å². The number of rotatable bonds is 2. The summed E-state index contributed by atoms with van der Waals surface area (Å²) in [6, 6.07) is 0. The zero-order valence-electron chi connectivity index (χ0n) is 7.51. The lowest BCUT2D eigenvalue weighted by atomic mass is 9.84. The molecule has 2 nitrogen and oxygen atoms in total. The Bertz CT molecular complexity index is 171. The van der Waals surface area contributed by atoms with Crippen molar-refractivity contribution in [2.75, 3.05) is 26.3 Å². The molecule has 0 amide bonds. The Kier molecular flexibility index (Phi) is 2.79. The summed E-state index contributed by atoms with van der Waals surface area (Å²) in [6.45, 7) is 2.63. The molecule has 2 saturated heterocycles. The van der Waals surface area contributed by atoms with E-state index in [9.17, 15) is 8.78 Å². The van der Waals surface area contributed by atoms with Crippen LogP contribution < -0.4 is 5.32 Å². The Hall–Kier alpha value is -0.220. The smallest absolute Gasteiger partial charge is 0.242 e. The SMILES string of the molecule is FC(F)C1CNCC1C1CCOC1. The van der Waals surface area contributed by atoms with Crippen LogP contribution in [0.25, 0.3) is 0 Å². The van der Waals surface area contributed by atoms with Crippen LogP contribution in [0.5, 0.6) is 0 Å². The van der Waals surface area contributed by atoms with Gasteiger partial charge in [-0.25, -0.2) is 8.78 Å². The van der Waals surface area contributed by atoms with Gasteiger partial charge in [-0.15, -0.1) is 0 Å². The minimum atomic E-state index is -2.18. The average Bonchev–Trinajstić information content (AvgIpc) is 2.74. The van der Waals surface area contributed by atoms with E-state index in [0.717, 1.165) is 19.6 Å². The number of alkyl halides is 2. The van der Waals surface area contributed by atoms with E-state index in [0.29, 0.717) is 19.1 Å². The van der Waals surface area contributed by atoms with Crippen molar-refractivity contribution >= 4 is 0 Å². The molecule has 0 aromatic heterocycles. The molecule has 76 valence electrons. The van der Waals surface area contributed by atoms with Crippen molar-refractivity contribution < 1.29 is 13.5 Å². The molecule has 0 bridgehead atoms. The molecule has 0 aliphatic carbocycles. The first-order valence-electron chi connectivity index (χ1n) is 4.85. The summed E-state index contributed by atoms with van der Waals surface area (Å²) in [5, 5.41) is 3.05. The lowest BCUT2D eigenvalue weighted by Gasteiger charge is -2.22. The molecule has 0 aromatic rings. The van der Waals surface area contributed by atoms with Crippen LogP contribution in [0.1, 0.15) is 6.42 Å². The molecule has 2 fully saturated rings. The van der Waals surface area contributed by atoms with Gasteiger partial charge >= 0.3 is 0 Å². The molecule has 0 spiro atoms. The summed E-state index contributed by atoms with van der Waals surface area (Å²) in [4.78, 5) is 0. The second-order valence-electron chi connectivity index (χ2n) is 3.94. The topological polar surface area (TPSA) is 21.3 Å². The third-order valence-corrected chi connectivity index (χ3v) is 3.20. The zero-order valence-corrected chi connectivity index (χ0v) is 7.51. The van der Waals surface area contributed by atoms with Crippen LogP contribution in [0, 0.1) is 17.8 Å². The van der Waals surface area contributed by atoms with Crippen molar-refractivity contribution in [3.63, 3.8) is 0 Å².